The van der Waals surface area contributed by atoms with Gasteiger partial charge in [-0.2, -0.15) is 0 Å². The molecule has 94 valence electrons. The molecule has 2 rings (SSSR count). The number of piperidine rings is 1. The molecular weight excluding hydrogens is 196 g/mol. The topological polar surface area (TPSA) is 15.3 Å². The zero-order valence-corrected chi connectivity index (χ0v) is 10.9. The molecule has 0 bridgehead atoms. The molecule has 0 spiro atoms. The van der Waals surface area contributed by atoms with E-state index in [4.69, 9.17) is 0 Å². The van der Waals surface area contributed by atoms with Crippen LogP contribution in [0.25, 0.3) is 0 Å². The second-order valence-corrected chi connectivity index (χ2v) is 5.50. The molecule has 0 unspecified atom stereocenters. The number of nitrogens with one attached hydrogen (secondary N) is 1. The van der Waals surface area contributed by atoms with Crippen molar-refractivity contribution in [3.63, 3.8) is 0 Å². The van der Waals surface area contributed by atoms with Crippen LogP contribution in [0.5, 0.6) is 0 Å². The molecule has 0 aromatic rings. The van der Waals surface area contributed by atoms with Crippen molar-refractivity contribution in [1.82, 2.24) is 10.2 Å². The van der Waals surface area contributed by atoms with Crippen molar-refractivity contribution in [2.75, 3.05) is 26.2 Å². The molecule has 1 heterocycles. The molecule has 16 heavy (non-hydrogen) atoms. The maximum absolute atomic E-state index is 3.43. The van der Waals surface area contributed by atoms with Crippen LogP contribution < -0.4 is 5.32 Å². The largest absolute Gasteiger partial charge is 0.317 e. The molecule has 2 heteroatoms. The van der Waals surface area contributed by atoms with Gasteiger partial charge >= 0.3 is 0 Å². The first-order valence-corrected chi connectivity index (χ1v) is 7.36. The Balaban J connectivity index is 1.74. The Kier molecular flexibility index (Phi) is 5.11. The van der Waals surface area contributed by atoms with Crippen molar-refractivity contribution in [2.24, 2.45) is 5.92 Å². The Bertz CT molecular complexity index is 191. The van der Waals surface area contributed by atoms with Gasteiger partial charge in [0.1, 0.15) is 0 Å². The van der Waals surface area contributed by atoms with E-state index in [2.05, 4.69) is 17.1 Å². The highest BCUT2D eigenvalue weighted by atomic mass is 15.2. The fraction of sp³-hybridized carbons (Fsp3) is 1.00. The first-order chi connectivity index (χ1) is 7.92. The molecule has 1 aliphatic heterocycles. The van der Waals surface area contributed by atoms with Crippen LogP contribution in [0.2, 0.25) is 0 Å². The van der Waals surface area contributed by atoms with Crippen LogP contribution in [-0.2, 0) is 0 Å². The molecule has 1 N–H and O–H groups in total. The van der Waals surface area contributed by atoms with Gasteiger partial charge in [0.25, 0.3) is 0 Å². The molecule has 1 saturated heterocycles. The molecule has 1 saturated carbocycles. The minimum atomic E-state index is 0.948. The summed E-state index contributed by atoms with van der Waals surface area (Å²) in [7, 11) is 0. The van der Waals surface area contributed by atoms with Crippen molar-refractivity contribution in [2.45, 2.75) is 57.9 Å². The quantitative estimate of drug-likeness (QED) is 0.722. The second-order valence-electron chi connectivity index (χ2n) is 5.50. The first-order valence-electron chi connectivity index (χ1n) is 7.36. The second kappa shape index (κ2) is 6.61. The first kappa shape index (κ1) is 12.4. The zero-order chi connectivity index (χ0) is 11.2. The summed E-state index contributed by atoms with van der Waals surface area (Å²) in [5, 5.41) is 3.43. The van der Waals surface area contributed by atoms with Gasteiger partial charge in [0.2, 0.25) is 0 Å². The molecular formula is C14H28N2. The minimum absolute atomic E-state index is 0.948. The van der Waals surface area contributed by atoms with E-state index in [0.29, 0.717) is 0 Å². The van der Waals surface area contributed by atoms with E-state index in [1.165, 1.54) is 64.6 Å². The van der Waals surface area contributed by atoms with Gasteiger partial charge in [0.15, 0.2) is 0 Å². The van der Waals surface area contributed by atoms with Crippen LogP contribution in [0.4, 0.5) is 0 Å². The maximum Gasteiger partial charge on any atom is 0.0123 e. The molecule has 0 aromatic carbocycles. The highest BCUT2D eigenvalue weighted by Gasteiger charge is 2.32. The van der Waals surface area contributed by atoms with Crippen LogP contribution >= 0.6 is 0 Å². The summed E-state index contributed by atoms with van der Waals surface area (Å²) in [4.78, 5) is 2.80. The summed E-state index contributed by atoms with van der Waals surface area (Å²) < 4.78 is 0. The third-order valence-electron chi connectivity index (χ3n) is 4.41. The predicted molar refractivity (Wildman–Crippen MR) is 69.7 cm³/mol. The molecule has 2 aliphatic rings. The van der Waals surface area contributed by atoms with Gasteiger partial charge in [-0.15, -0.1) is 0 Å². The molecule has 0 radical (unpaired) electrons. The van der Waals surface area contributed by atoms with Gasteiger partial charge < -0.3 is 10.2 Å². The van der Waals surface area contributed by atoms with E-state index in [9.17, 15) is 0 Å². The van der Waals surface area contributed by atoms with E-state index in [-0.39, 0.29) is 0 Å². The van der Waals surface area contributed by atoms with E-state index >= 15 is 0 Å². The molecule has 0 amide bonds. The third-order valence-corrected chi connectivity index (χ3v) is 4.41. The number of fused-ring (bicyclic) bond motifs is 1. The van der Waals surface area contributed by atoms with Gasteiger partial charge in [-0.3, -0.25) is 0 Å². The summed E-state index contributed by atoms with van der Waals surface area (Å²) in [5.74, 6) is 1.04. The van der Waals surface area contributed by atoms with E-state index in [1.807, 2.05) is 0 Å². The molecule has 2 fully saturated rings. The predicted octanol–water partition coefficient (Wildman–Crippen LogP) is 2.64. The summed E-state index contributed by atoms with van der Waals surface area (Å²) >= 11 is 0. The average Bonchev–Trinajstić information content (AvgIpc) is 2.35. The number of nitrogens with zero attached hydrogens (tertiary/aromatic N) is 1. The number of hydrogen-bond donors (Lipinski definition) is 1. The van der Waals surface area contributed by atoms with Crippen molar-refractivity contribution in [1.29, 1.82) is 0 Å². The van der Waals surface area contributed by atoms with Gasteiger partial charge in [0.05, 0.1) is 0 Å². The normalized spacial score (nSPS) is 31.3. The molecule has 0 aromatic heterocycles. The molecule has 2 atom stereocenters. The fourth-order valence-corrected chi connectivity index (χ4v) is 3.59. The summed E-state index contributed by atoms with van der Waals surface area (Å²) in [6.07, 6.45) is 10.2. The molecule has 1 aliphatic carbocycles. The summed E-state index contributed by atoms with van der Waals surface area (Å²) in [6.45, 7) is 7.20. The van der Waals surface area contributed by atoms with Crippen molar-refractivity contribution in [3.8, 4) is 0 Å². The number of likely N-dealkylation sites (tertiary alicyclic amines) is 1. The highest BCUT2D eigenvalue weighted by Crippen LogP contribution is 2.35. The Morgan fingerprint density at radius 2 is 1.94 bits per heavy atom. The monoisotopic (exact) mass is 224 g/mol. The van der Waals surface area contributed by atoms with E-state index < -0.39 is 0 Å². The lowest BCUT2D eigenvalue weighted by atomic mass is 9.78. The van der Waals surface area contributed by atoms with Gasteiger partial charge in [0, 0.05) is 6.04 Å². The van der Waals surface area contributed by atoms with Crippen LogP contribution in [0.15, 0.2) is 0 Å². The summed E-state index contributed by atoms with van der Waals surface area (Å²) in [6, 6.07) is 0.948. The van der Waals surface area contributed by atoms with Gasteiger partial charge in [-0.25, -0.2) is 0 Å². The minimum Gasteiger partial charge on any atom is -0.317 e. The standard InChI is InChI=1S/C14H28N2/c1-2-15-10-6-12-16-11-5-8-13-7-3-4-9-14(13)16/h13-15H,2-12H2,1H3/t13-,14-/m1/s1. The third kappa shape index (κ3) is 3.21. The van der Waals surface area contributed by atoms with Gasteiger partial charge in [-0.1, -0.05) is 19.8 Å². The van der Waals surface area contributed by atoms with Crippen LogP contribution in [0.1, 0.15) is 51.9 Å². The lowest BCUT2D eigenvalue weighted by molar-refractivity contribution is 0.0602. The summed E-state index contributed by atoms with van der Waals surface area (Å²) in [5.41, 5.74) is 0. The van der Waals surface area contributed by atoms with Crippen molar-refractivity contribution in [3.05, 3.63) is 0 Å². The number of hydrogen-bond acceptors (Lipinski definition) is 2. The zero-order valence-electron chi connectivity index (χ0n) is 10.9. The van der Waals surface area contributed by atoms with Crippen LogP contribution in [-0.4, -0.2) is 37.1 Å². The van der Waals surface area contributed by atoms with Crippen LogP contribution in [0, 0.1) is 5.92 Å². The lowest BCUT2D eigenvalue weighted by Gasteiger charge is -2.44. The maximum atomic E-state index is 3.43. The Morgan fingerprint density at radius 3 is 2.81 bits per heavy atom. The lowest BCUT2D eigenvalue weighted by Crippen LogP contribution is -2.47. The van der Waals surface area contributed by atoms with Gasteiger partial charge in [-0.05, 0) is 64.2 Å². The highest BCUT2D eigenvalue weighted by molar-refractivity contribution is 4.87. The Labute approximate surface area is 101 Å². The SMILES string of the molecule is CCNCCCN1CCC[C@H]2CCCC[C@H]21. The molecule has 2 nitrogen and oxygen atoms in total. The van der Waals surface area contributed by atoms with Crippen molar-refractivity contribution < 1.29 is 0 Å². The fourth-order valence-electron chi connectivity index (χ4n) is 3.59. The number of rotatable bonds is 5. The van der Waals surface area contributed by atoms with Crippen molar-refractivity contribution >= 4 is 0 Å². The Morgan fingerprint density at radius 1 is 1.12 bits per heavy atom. The van der Waals surface area contributed by atoms with Crippen LogP contribution in [0.3, 0.4) is 0 Å². The van der Waals surface area contributed by atoms with E-state index in [0.717, 1.165) is 18.5 Å². The average molecular weight is 224 g/mol. The van der Waals surface area contributed by atoms with E-state index in [1.54, 1.807) is 0 Å². The Hall–Kier alpha value is -0.0800. The smallest absolute Gasteiger partial charge is 0.0123 e.